The normalized spacial score (nSPS) is 22.8. The molecule has 4 heteroatoms. The van der Waals surface area contributed by atoms with Gasteiger partial charge in [-0.05, 0) is 25.8 Å². The van der Waals surface area contributed by atoms with Crippen molar-refractivity contribution < 1.29 is 14.9 Å². The summed E-state index contributed by atoms with van der Waals surface area (Å²) in [5.41, 5.74) is 0. The molecule has 1 fully saturated rings. The van der Waals surface area contributed by atoms with Crippen LogP contribution < -0.4 is 5.32 Å². The van der Waals surface area contributed by atoms with E-state index in [0.29, 0.717) is 6.10 Å². The van der Waals surface area contributed by atoms with Gasteiger partial charge in [-0.2, -0.15) is 0 Å². The Morgan fingerprint density at radius 3 is 2.69 bits per heavy atom. The van der Waals surface area contributed by atoms with E-state index in [1.807, 2.05) is 0 Å². The summed E-state index contributed by atoms with van der Waals surface area (Å²) in [5.74, 6) is 0. The molecule has 1 saturated heterocycles. The first-order chi connectivity index (χ1) is 6.36. The van der Waals surface area contributed by atoms with Crippen LogP contribution in [0.4, 0.5) is 0 Å². The van der Waals surface area contributed by atoms with Crippen LogP contribution in [0, 0.1) is 0 Å². The Hall–Kier alpha value is -0.160. The smallest absolute Gasteiger partial charge is 0.0607 e. The first-order valence-electron chi connectivity index (χ1n) is 4.93. The van der Waals surface area contributed by atoms with Gasteiger partial charge in [0.15, 0.2) is 0 Å². The van der Waals surface area contributed by atoms with Gasteiger partial charge in [-0.3, -0.25) is 0 Å². The van der Waals surface area contributed by atoms with Crippen LogP contribution in [0.5, 0.6) is 0 Å². The lowest BCUT2D eigenvalue weighted by molar-refractivity contribution is 0.0999. The van der Waals surface area contributed by atoms with Gasteiger partial charge >= 0.3 is 0 Å². The third-order valence-electron chi connectivity index (χ3n) is 2.36. The predicted octanol–water partition coefficient (Wildman–Crippen LogP) is -0.502. The van der Waals surface area contributed by atoms with Crippen LogP contribution in [-0.2, 0) is 4.74 Å². The van der Waals surface area contributed by atoms with Crippen molar-refractivity contribution in [2.24, 2.45) is 0 Å². The van der Waals surface area contributed by atoms with Gasteiger partial charge in [-0.25, -0.2) is 0 Å². The van der Waals surface area contributed by atoms with Crippen LogP contribution in [0.3, 0.4) is 0 Å². The quantitative estimate of drug-likeness (QED) is 0.527. The first-order valence-corrected chi connectivity index (χ1v) is 4.93. The number of aliphatic hydroxyl groups is 2. The predicted molar refractivity (Wildman–Crippen MR) is 49.6 cm³/mol. The highest BCUT2D eigenvalue weighted by Gasteiger charge is 2.15. The lowest BCUT2D eigenvalue weighted by atomic mass is 10.2. The average molecular weight is 189 g/mol. The molecule has 0 amide bonds. The fourth-order valence-electron chi connectivity index (χ4n) is 1.51. The summed E-state index contributed by atoms with van der Waals surface area (Å²) in [6.07, 6.45) is 3.65. The van der Waals surface area contributed by atoms with E-state index in [2.05, 4.69) is 5.32 Å². The largest absolute Gasteiger partial charge is 0.395 e. The molecule has 0 spiro atoms. The van der Waals surface area contributed by atoms with E-state index in [-0.39, 0.29) is 19.3 Å². The van der Waals surface area contributed by atoms with Crippen molar-refractivity contribution in [2.75, 3.05) is 26.4 Å². The van der Waals surface area contributed by atoms with Gasteiger partial charge in [0.1, 0.15) is 0 Å². The van der Waals surface area contributed by atoms with Crippen LogP contribution in [-0.4, -0.2) is 48.7 Å². The SMILES string of the molecule is OCC(CO)NCCC1CCCO1. The molecule has 1 aliphatic rings. The highest BCUT2D eigenvalue weighted by molar-refractivity contribution is 4.69. The number of rotatable bonds is 6. The van der Waals surface area contributed by atoms with E-state index < -0.39 is 0 Å². The van der Waals surface area contributed by atoms with Crippen LogP contribution in [0.15, 0.2) is 0 Å². The molecule has 1 unspecified atom stereocenters. The zero-order chi connectivity index (χ0) is 9.52. The molecule has 1 aliphatic heterocycles. The van der Waals surface area contributed by atoms with Gasteiger partial charge < -0.3 is 20.3 Å². The fourth-order valence-corrected chi connectivity index (χ4v) is 1.51. The van der Waals surface area contributed by atoms with Crippen LogP contribution in [0.1, 0.15) is 19.3 Å². The number of nitrogens with one attached hydrogen (secondary N) is 1. The molecular formula is C9H19NO3. The summed E-state index contributed by atoms with van der Waals surface area (Å²) in [6, 6.07) is -0.179. The summed E-state index contributed by atoms with van der Waals surface area (Å²) in [7, 11) is 0. The topological polar surface area (TPSA) is 61.7 Å². The Bertz CT molecular complexity index is 120. The van der Waals surface area contributed by atoms with E-state index in [1.54, 1.807) is 0 Å². The van der Waals surface area contributed by atoms with E-state index in [9.17, 15) is 0 Å². The van der Waals surface area contributed by atoms with E-state index in [4.69, 9.17) is 14.9 Å². The van der Waals surface area contributed by atoms with Crippen LogP contribution in [0.25, 0.3) is 0 Å². The second-order valence-electron chi connectivity index (χ2n) is 3.44. The minimum Gasteiger partial charge on any atom is -0.395 e. The van der Waals surface area contributed by atoms with Gasteiger partial charge in [0, 0.05) is 6.61 Å². The third kappa shape index (κ3) is 4.04. The Labute approximate surface area is 78.9 Å². The summed E-state index contributed by atoms with van der Waals surface area (Å²) in [6.45, 7) is 1.66. The monoisotopic (exact) mass is 189 g/mol. The number of aliphatic hydroxyl groups excluding tert-OH is 2. The molecule has 78 valence electrons. The molecule has 0 aliphatic carbocycles. The average Bonchev–Trinajstić information content (AvgIpc) is 2.65. The van der Waals surface area contributed by atoms with Crippen molar-refractivity contribution in [3.8, 4) is 0 Å². The Morgan fingerprint density at radius 1 is 1.38 bits per heavy atom. The summed E-state index contributed by atoms with van der Waals surface area (Å²) >= 11 is 0. The lowest BCUT2D eigenvalue weighted by Crippen LogP contribution is -2.37. The van der Waals surface area contributed by atoms with Crippen molar-refractivity contribution in [3.63, 3.8) is 0 Å². The van der Waals surface area contributed by atoms with Gasteiger partial charge in [0.2, 0.25) is 0 Å². The number of hydrogen-bond donors (Lipinski definition) is 3. The van der Waals surface area contributed by atoms with Gasteiger partial charge in [0.05, 0.1) is 25.4 Å². The number of ether oxygens (including phenoxy) is 1. The van der Waals surface area contributed by atoms with Crippen LogP contribution in [0.2, 0.25) is 0 Å². The van der Waals surface area contributed by atoms with Crippen molar-refractivity contribution in [1.82, 2.24) is 5.32 Å². The molecule has 0 saturated carbocycles. The molecule has 0 aromatic carbocycles. The van der Waals surface area contributed by atoms with Gasteiger partial charge in [-0.1, -0.05) is 0 Å². The molecule has 0 radical (unpaired) electrons. The number of hydrogen-bond acceptors (Lipinski definition) is 4. The third-order valence-corrected chi connectivity index (χ3v) is 2.36. The van der Waals surface area contributed by atoms with Crippen molar-refractivity contribution in [3.05, 3.63) is 0 Å². The standard InChI is InChI=1S/C9H19NO3/c11-6-8(7-12)10-4-3-9-2-1-5-13-9/h8-12H,1-7H2. The van der Waals surface area contributed by atoms with Crippen molar-refractivity contribution in [2.45, 2.75) is 31.4 Å². The molecule has 3 N–H and O–H groups in total. The van der Waals surface area contributed by atoms with Gasteiger partial charge in [-0.15, -0.1) is 0 Å². The van der Waals surface area contributed by atoms with E-state index in [1.165, 1.54) is 0 Å². The van der Waals surface area contributed by atoms with Crippen molar-refractivity contribution >= 4 is 0 Å². The molecular weight excluding hydrogens is 170 g/mol. The Morgan fingerprint density at radius 2 is 2.15 bits per heavy atom. The zero-order valence-electron chi connectivity index (χ0n) is 7.91. The summed E-state index contributed by atoms with van der Waals surface area (Å²) in [4.78, 5) is 0. The van der Waals surface area contributed by atoms with E-state index in [0.717, 1.165) is 32.4 Å². The van der Waals surface area contributed by atoms with Crippen molar-refractivity contribution in [1.29, 1.82) is 0 Å². The van der Waals surface area contributed by atoms with Crippen LogP contribution >= 0.6 is 0 Å². The molecule has 1 rings (SSSR count). The highest BCUT2D eigenvalue weighted by atomic mass is 16.5. The maximum Gasteiger partial charge on any atom is 0.0607 e. The molecule has 13 heavy (non-hydrogen) atoms. The molecule has 4 nitrogen and oxygen atoms in total. The minimum atomic E-state index is -0.179. The first kappa shape index (κ1) is 10.9. The molecule has 0 aromatic heterocycles. The Balaban J connectivity index is 1.98. The molecule has 0 aromatic rings. The van der Waals surface area contributed by atoms with E-state index >= 15 is 0 Å². The highest BCUT2D eigenvalue weighted by Crippen LogP contribution is 2.14. The second kappa shape index (κ2) is 6.32. The molecule has 0 bridgehead atoms. The molecule has 1 heterocycles. The minimum absolute atomic E-state index is 0.0119. The lowest BCUT2D eigenvalue weighted by Gasteiger charge is -2.15. The maximum atomic E-state index is 8.76. The van der Waals surface area contributed by atoms with Gasteiger partial charge in [0.25, 0.3) is 0 Å². The Kier molecular flexibility index (Phi) is 5.31. The molecule has 1 atom stereocenters. The second-order valence-corrected chi connectivity index (χ2v) is 3.44. The zero-order valence-corrected chi connectivity index (χ0v) is 7.91. The summed E-state index contributed by atoms with van der Waals surface area (Å²) in [5, 5.41) is 20.6. The maximum absolute atomic E-state index is 8.76. The fraction of sp³-hybridized carbons (Fsp3) is 1.00. The summed E-state index contributed by atoms with van der Waals surface area (Å²) < 4.78 is 5.44.